The first-order chi connectivity index (χ1) is 13.9. The first kappa shape index (κ1) is 19.3. The van der Waals surface area contributed by atoms with Gasteiger partial charge in [0.2, 0.25) is 5.91 Å². The van der Waals surface area contributed by atoms with Crippen molar-refractivity contribution in [3.05, 3.63) is 80.8 Å². The van der Waals surface area contributed by atoms with Crippen LogP contribution < -0.4 is 5.32 Å². The number of aryl methyl sites for hydroxylation is 1. The zero-order chi connectivity index (χ0) is 20.5. The molecule has 146 valence electrons. The van der Waals surface area contributed by atoms with Gasteiger partial charge in [0, 0.05) is 22.5 Å². The van der Waals surface area contributed by atoms with Crippen LogP contribution in [-0.4, -0.2) is 34.2 Å². The fourth-order valence-electron chi connectivity index (χ4n) is 3.08. The summed E-state index contributed by atoms with van der Waals surface area (Å²) in [6.07, 6.45) is 2.34. The number of hydrogen-bond donors (Lipinski definition) is 1. The number of amides is 3. The van der Waals surface area contributed by atoms with Crippen molar-refractivity contribution in [1.82, 2.24) is 9.88 Å². The maximum absolute atomic E-state index is 12.4. The highest BCUT2D eigenvalue weighted by atomic mass is 35.5. The molecule has 4 rings (SSSR count). The fraction of sp³-hybridized carbons (Fsp3) is 0.143. The summed E-state index contributed by atoms with van der Waals surface area (Å²) in [6.45, 7) is 1.59. The van der Waals surface area contributed by atoms with Crippen LogP contribution in [0.2, 0.25) is 5.02 Å². The zero-order valence-electron chi connectivity index (χ0n) is 15.4. The third-order valence-electron chi connectivity index (χ3n) is 4.59. The van der Waals surface area contributed by atoms with Crippen molar-refractivity contribution in [1.29, 1.82) is 0 Å². The van der Waals surface area contributed by atoms with Crippen molar-refractivity contribution in [2.45, 2.75) is 13.3 Å². The molecule has 29 heavy (non-hydrogen) atoms. The maximum atomic E-state index is 12.4. The zero-order valence-corrected chi connectivity index (χ0v) is 17.0. The molecule has 1 N–H and O–H groups in total. The number of thiazole rings is 1. The topological polar surface area (TPSA) is 79.4 Å². The molecule has 3 amide bonds. The van der Waals surface area contributed by atoms with Gasteiger partial charge in [0.25, 0.3) is 11.8 Å². The molecule has 1 aromatic heterocycles. The van der Waals surface area contributed by atoms with Crippen LogP contribution in [0.5, 0.6) is 0 Å². The Kier molecular flexibility index (Phi) is 5.17. The molecule has 3 aromatic rings. The molecule has 0 atom stereocenters. The number of aromatic nitrogens is 1. The summed E-state index contributed by atoms with van der Waals surface area (Å²) >= 11 is 7.50. The van der Waals surface area contributed by atoms with Crippen LogP contribution in [0.4, 0.5) is 5.13 Å². The molecule has 6 nitrogen and oxygen atoms in total. The van der Waals surface area contributed by atoms with Crippen LogP contribution in [0, 0.1) is 6.92 Å². The second kappa shape index (κ2) is 7.77. The van der Waals surface area contributed by atoms with Gasteiger partial charge in [-0.2, -0.15) is 0 Å². The Morgan fingerprint density at radius 2 is 1.83 bits per heavy atom. The van der Waals surface area contributed by atoms with Gasteiger partial charge in [0.05, 0.1) is 11.1 Å². The maximum Gasteiger partial charge on any atom is 0.262 e. The minimum absolute atomic E-state index is 0.318. The Bertz CT molecular complexity index is 1110. The van der Waals surface area contributed by atoms with Gasteiger partial charge in [-0.05, 0) is 36.2 Å². The minimum atomic E-state index is -0.473. The number of anilines is 1. The highest BCUT2D eigenvalue weighted by Crippen LogP contribution is 2.25. The Balaban J connectivity index is 1.39. The van der Waals surface area contributed by atoms with E-state index < -0.39 is 17.7 Å². The highest BCUT2D eigenvalue weighted by Gasteiger charge is 2.36. The van der Waals surface area contributed by atoms with Crippen molar-refractivity contribution < 1.29 is 14.4 Å². The van der Waals surface area contributed by atoms with Gasteiger partial charge in [-0.3, -0.25) is 19.3 Å². The van der Waals surface area contributed by atoms with Gasteiger partial charge in [-0.1, -0.05) is 35.9 Å². The molecule has 2 aromatic carbocycles. The molecule has 2 heterocycles. The van der Waals surface area contributed by atoms with E-state index in [4.69, 9.17) is 11.6 Å². The molecule has 0 unspecified atom stereocenters. The van der Waals surface area contributed by atoms with E-state index in [9.17, 15) is 14.4 Å². The van der Waals surface area contributed by atoms with E-state index in [1.807, 2.05) is 25.1 Å². The van der Waals surface area contributed by atoms with Gasteiger partial charge in [0.15, 0.2) is 5.13 Å². The van der Waals surface area contributed by atoms with Gasteiger partial charge >= 0.3 is 0 Å². The van der Waals surface area contributed by atoms with Crippen LogP contribution >= 0.6 is 22.9 Å². The second-order valence-electron chi connectivity index (χ2n) is 6.68. The summed E-state index contributed by atoms with van der Waals surface area (Å²) in [5, 5.41) is 3.79. The predicted octanol–water partition coefficient (Wildman–Crippen LogP) is 3.93. The number of nitrogens with zero attached hydrogens (tertiary/aromatic N) is 2. The molecule has 0 aliphatic carbocycles. The third-order valence-corrected chi connectivity index (χ3v) is 5.91. The number of carbonyl (C=O) groups is 3. The number of nitrogens with one attached hydrogen (secondary N) is 1. The molecule has 0 radical (unpaired) electrons. The van der Waals surface area contributed by atoms with E-state index in [1.54, 1.807) is 30.5 Å². The summed E-state index contributed by atoms with van der Waals surface area (Å²) in [7, 11) is 0. The second-order valence-corrected chi connectivity index (χ2v) is 8.20. The molecule has 1 aliphatic heterocycles. The molecule has 0 saturated carbocycles. The Labute approximate surface area is 176 Å². The van der Waals surface area contributed by atoms with Gasteiger partial charge in [-0.25, -0.2) is 4.98 Å². The predicted molar refractivity (Wildman–Crippen MR) is 112 cm³/mol. The van der Waals surface area contributed by atoms with Crippen molar-refractivity contribution in [3.8, 4) is 0 Å². The highest BCUT2D eigenvalue weighted by molar-refractivity contribution is 7.15. The van der Waals surface area contributed by atoms with Crippen molar-refractivity contribution in [3.63, 3.8) is 0 Å². The molecule has 1 aliphatic rings. The monoisotopic (exact) mass is 425 g/mol. The van der Waals surface area contributed by atoms with Crippen molar-refractivity contribution in [2.24, 2.45) is 0 Å². The number of hydrogen-bond acceptors (Lipinski definition) is 5. The number of fused-ring (bicyclic) bond motifs is 1. The quantitative estimate of drug-likeness (QED) is 0.628. The van der Waals surface area contributed by atoms with Gasteiger partial charge in [0.1, 0.15) is 6.54 Å². The summed E-state index contributed by atoms with van der Waals surface area (Å²) in [6, 6.07) is 12.4. The first-order valence-electron chi connectivity index (χ1n) is 8.87. The third kappa shape index (κ3) is 3.92. The Morgan fingerprint density at radius 1 is 1.14 bits per heavy atom. The molecule has 0 fully saturated rings. The molecule has 0 bridgehead atoms. The molecule has 0 spiro atoms. The van der Waals surface area contributed by atoms with Gasteiger partial charge in [-0.15, -0.1) is 11.3 Å². The lowest BCUT2D eigenvalue weighted by Crippen LogP contribution is -2.37. The molecular weight excluding hydrogens is 410 g/mol. The summed E-state index contributed by atoms with van der Waals surface area (Å²) in [4.78, 5) is 43.2. The van der Waals surface area contributed by atoms with Crippen molar-refractivity contribution in [2.75, 3.05) is 11.9 Å². The van der Waals surface area contributed by atoms with E-state index in [0.29, 0.717) is 27.7 Å². The number of halogens is 1. The fourth-order valence-corrected chi connectivity index (χ4v) is 4.15. The Hall–Kier alpha value is -3.03. The summed E-state index contributed by atoms with van der Waals surface area (Å²) in [5.41, 5.74) is 2.70. The summed E-state index contributed by atoms with van der Waals surface area (Å²) < 4.78 is 0. The molecule has 0 saturated heterocycles. The standard InChI is InChI=1S/C21H16ClN3O3S/c1-12-6-7-13(9-17(12)22)8-14-10-23-21(29-14)24-18(26)11-25-19(27)15-4-2-3-5-16(15)20(25)28/h2-7,9-10H,8,11H2,1H3,(H,23,24,26). The van der Waals surface area contributed by atoms with E-state index in [-0.39, 0.29) is 6.54 Å². The van der Waals surface area contributed by atoms with Gasteiger partial charge < -0.3 is 5.32 Å². The average Bonchev–Trinajstić information content (AvgIpc) is 3.23. The normalized spacial score (nSPS) is 13.0. The van der Waals surface area contributed by atoms with Crippen LogP contribution in [0.15, 0.2) is 48.7 Å². The van der Waals surface area contributed by atoms with E-state index >= 15 is 0 Å². The van der Waals surface area contributed by atoms with Crippen molar-refractivity contribution >= 4 is 45.8 Å². The lowest BCUT2D eigenvalue weighted by atomic mass is 10.1. The number of rotatable bonds is 5. The Morgan fingerprint density at radius 3 is 2.48 bits per heavy atom. The molecule has 8 heteroatoms. The van der Waals surface area contributed by atoms with Crippen LogP contribution in [0.1, 0.15) is 36.7 Å². The van der Waals surface area contributed by atoms with Crippen LogP contribution in [-0.2, 0) is 11.2 Å². The lowest BCUT2D eigenvalue weighted by molar-refractivity contribution is -0.116. The van der Waals surface area contributed by atoms with E-state index in [1.165, 1.54) is 11.3 Å². The van der Waals surface area contributed by atoms with E-state index in [2.05, 4.69) is 10.3 Å². The smallest absolute Gasteiger partial charge is 0.262 e. The molecular formula is C21H16ClN3O3S. The SMILES string of the molecule is Cc1ccc(Cc2cnc(NC(=O)CN3C(=O)c4ccccc4C3=O)s2)cc1Cl. The lowest BCUT2D eigenvalue weighted by Gasteiger charge is -2.12. The average molecular weight is 426 g/mol. The van der Waals surface area contributed by atoms with E-state index in [0.717, 1.165) is 20.9 Å². The minimum Gasteiger partial charge on any atom is -0.300 e. The summed E-state index contributed by atoms with van der Waals surface area (Å²) in [5.74, 6) is -1.40. The number of imide groups is 1. The van der Waals surface area contributed by atoms with Crippen LogP contribution in [0.3, 0.4) is 0 Å². The largest absolute Gasteiger partial charge is 0.300 e. The number of carbonyl (C=O) groups excluding carboxylic acids is 3. The van der Waals surface area contributed by atoms with Crippen LogP contribution in [0.25, 0.3) is 0 Å². The first-order valence-corrected chi connectivity index (χ1v) is 10.1. The number of benzene rings is 2.